The van der Waals surface area contributed by atoms with E-state index in [2.05, 4.69) is 5.32 Å². The topological polar surface area (TPSA) is 66.4 Å². The lowest BCUT2D eigenvalue weighted by Gasteiger charge is -2.31. The maximum atomic E-state index is 12.5. The highest BCUT2D eigenvalue weighted by Gasteiger charge is 2.37. The van der Waals surface area contributed by atoms with Crippen LogP contribution in [0.15, 0.2) is 11.1 Å². The second-order valence-electron chi connectivity index (χ2n) is 6.72. The highest BCUT2D eigenvalue weighted by Crippen LogP contribution is 2.34. The van der Waals surface area contributed by atoms with Crippen LogP contribution in [0.5, 0.6) is 0 Å². The van der Waals surface area contributed by atoms with Crippen LogP contribution in [0, 0.1) is 11.8 Å². The first-order valence-electron chi connectivity index (χ1n) is 8.17. The van der Waals surface area contributed by atoms with Crippen molar-refractivity contribution in [1.82, 2.24) is 5.32 Å². The van der Waals surface area contributed by atoms with E-state index in [1.54, 1.807) is 0 Å². The minimum atomic E-state index is -0.845. The van der Waals surface area contributed by atoms with E-state index in [4.69, 9.17) is 0 Å². The largest absolute Gasteiger partial charge is 0.481 e. The number of rotatable bonds is 3. The van der Waals surface area contributed by atoms with Gasteiger partial charge in [0.1, 0.15) is 0 Å². The molecule has 2 aliphatic rings. The van der Waals surface area contributed by atoms with E-state index in [0.717, 1.165) is 31.3 Å². The molecule has 0 heterocycles. The van der Waals surface area contributed by atoms with Gasteiger partial charge in [-0.1, -0.05) is 36.8 Å². The fourth-order valence-corrected chi connectivity index (χ4v) is 3.56. The first-order chi connectivity index (χ1) is 9.99. The molecule has 0 saturated heterocycles. The summed E-state index contributed by atoms with van der Waals surface area (Å²) in [5.41, 5.74) is 2.30. The van der Waals surface area contributed by atoms with E-state index in [1.807, 2.05) is 13.8 Å². The maximum absolute atomic E-state index is 12.5. The summed E-state index contributed by atoms with van der Waals surface area (Å²) < 4.78 is 0. The highest BCUT2D eigenvalue weighted by atomic mass is 16.4. The van der Waals surface area contributed by atoms with Gasteiger partial charge in [0.05, 0.1) is 11.8 Å². The second-order valence-corrected chi connectivity index (χ2v) is 6.72. The van der Waals surface area contributed by atoms with Crippen molar-refractivity contribution < 1.29 is 14.7 Å². The third-order valence-electron chi connectivity index (χ3n) is 5.12. The highest BCUT2D eigenvalue weighted by molar-refractivity contribution is 5.85. The normalized spacial score (nSPS) is 28.1. The van der Waals surface area contributed by atoms with E-state index < -0.39 is 17.8 Å². The Morgan fingerprint density at radius 2 is 1.48 bits per heavy atom. The van der Waals surface area contributed by atoms with Crippen LogP contribution in [0.25, 0.3) is 0 Å². The van der Waals surface area contributed by atoms with Gasteiger partial charge < -0.3 is 10.4 Å². The van der Waals surface area contributed by atoms with Crippen LogP contribution < -0.4 is 5.32 Å². The smallest absolute Gasteiger partial charge is 0.307 e. The lowest BCUT2D eigenvalue weighted by Crippen LogP contribution is -2.44. The summed E-state index contributed by atoms with van der Waals surface area (Å²) in [6.45, 7) is 3.99. The van der Waals surface area contributed by atoms with Crippen molar-refractivity contribution in [3.05, 3.63) is 11.1 Å². The molecule has 4 nitrogen and oxygen atoms in total. The van der Waals surface area contributed by atoms with Crippen molar-refractivity contribution >= 4 is 11.9 Å². The summed E-state index contributed by atoms with van der Waals surface area (Å²) in [5, 5.41) is 12.5. The summed E-state index contributed by atoms with van der Waals surface area (Å²) >= 11 is 0. The Balaban J connectivity index is 2.03. The molecule has 2 aliphatic carbocycles. The third kappa shape index (κ3) is 4.08. The van der Waals surface area contributed by atoms with Crippen molar-refractivity contribution in [2.45, 2.75) is 71.3 Å². The first kappa shape index (κ1) is 16.1. The predicted molar refractivity (Wildman–Crippen MR) is 81.9 cm³/mol. The van der Waals surface area contributed by atoms with E-state index in [0.29, 0.717) is 12.8 Å². The molecular weight excluding hydrogens is 266 g/mol. The molecule has 2 N–H and O–H groups in total. The van der Waals surface area contributed by atoms with Crippen LogP contribution in [0.4, 0.5) is 0 Å². The molecule has 1 amide bonds. The number of hydrogen-bond acceptors (Lipinski definition) is 2. The van der Waals surface area contributed by atoms with Gasteiger partial charge in [-0.3, -0.25) is 9.59 Å². The molecule has 118 valence electrons. The van der Waals surface area contributed by atoms with Gasteiger partial charge in [-0.25, -0.2) is 0 Å². The molecule has 0 spiro atoms. The van der Waals surface area contributed by atoms with Crippen molar-refractivity contribution in [1.29, 1.82) is 0 Å². The number of amides is 1. The van der Waals surface area contributed by atoms with Crippen LogP contribution in [0.2, 0.25) is 0 Å². The average Bonchev–Trinajstić information content (AvgIpc) is 2.69. The van der Waals surface area contributed by atoms with Crippen molar-refractivity contribution in [3.8, 4) is 0 Å². The monoisotopic (exact) mass is 293 g/mol. The van der Waals surface area contributed by atoms with Gasteiger partial charge in [0.15, 0.2) is 0 Å². The molecule has 0 aromatic rings. The summed E-state index contributed by atoms with van der Waals surface area (Å²) in [6, 6.07) is 0.238. The number of carboxylic acids is 1. The number of carbonyl (C=O) groups is 2. The van der Waals surface area contributed by atoms with Gasteiger partial charge in [0.25, 0.3) is 0 Å². The van der Waals surface area contributed by atoms with Gasteiger partial charge >= 0.3 is 5.97 Å². The minimum absolute atomic E-state index is 0.0545. The number of allylic oxidation sites excluding steroid dienone is 2. The molecule has 0 radical (unpaired) electrons. The van der Waals surface area contributed by atoms with E-state index in [1.165, 1.54) is 18.4 Å². The zero-order valence-electron chi connectivity index (χ0n) is 13.2. The fraction of sp³-hybridized carbons (Fsp3) is 0.765. The van der Waals surface area contributed by atoms with Gasteiger partial charge in [0, 0.05) is 6.04 Å². The summed E-state index contributed by atoms with van der Waals surface area (Å²) in [5.74, 6) is -1.88. The SMILES string of the molecule is CC1=C(C)CC(C(=O)NC2CCCCCC2)C(C(=O)O)C1. The minimum Gasteiger partial charge on any atom is -0.481 e. The predicted octanol–water partition coefficient (Wildman–Crippen LogP) is 3.27. The zero-order chi connectivity index (χ0) is 15.4. The number of aliphatic carboxylic acids is 1. The molecule has 2 rings (SSSR count). The maximum Gasteiger partial charge on any atom is 0.307 e. The van der Waals surface area contributed by atoms with Gasteiger partial charge in [-0.05, 0) is 39.5 Å². The lowest BCUT2D eigenvalue weighted by molar-refractivity contribution is -0.147. The summed E-state index contributed by atoms with van der Waals surface area (Å²) in [4.78, 5) is 24.0. The first-order valence-corrected chi connectivity index (χ1v) is 8.17. The molecular formula is C17H27NO3. The molecule has 2 atom stereocenters. The van der Waals surface area contributed by atoms with E-state index in [9.17, 15) is 14.7 Å². The van der Waals surface area contributed by atoms with Crippen molar-refractivity contribution in [2.75, 3.05) is 0 Å². The number of carbonyl (C=O) groups excluding carboxylic acids is 1. The quantitative estimate of drug-likeness (QED) is 0.620. The molecule has 21 heavy (non-hydrogen) atoms. The van der Waals surface area contributed by atoms with Gasteiger partial charge in [-0.2, -0.15) is 0 Å². The van der Waals surface area contributed by atoms with Crippen LogP contribution in [-0.4, -0.2) is 23.0 Å². The van der Waals surface area contributed by atoms with Crippen LogP contribution in [-0.2, 0) is 9.59 Å². The Morgan fingerprint density at radius 1 is 0.952 bits per heavy atom. The lowest BCUT2D eigenvalue weighted by atomic mass is 9.76. The molecule has 0 bridgehead atoms. The van der Waals surface area contributed by atoms with Crippen molar-refractivity contribution in [2.24, 2.45) is 11.8 Å². The molecule has 4 heteroatoms. The van der Waals surface area contributed by atoms with E-state index >= 15 is 0 Å². The third-order valence-corrected chi connectivity index (χ3v) is 5.12. The van der Waals surface area contributed by atoms with Crippen LogP contribution in [0.3, 0.4) is 0 Å². The van der Waals surface area contributed by atoms with E-state index in [-0.39, 0.29) is 11.9 Å². The Morgan fingerprint density at radius 3 is 2.00 bits per heavy atom. The Labute approximate surface area is 127 Å². The number of hydrogen-bond donors (Lipinski definition) is 2. The summed E-state index contributed by atoms with van der Waals surface area (Å²) in [6.07, 6.45) is 7.97. The Bertz CT molecular complexity index is 433. The van der Waals surface area contributed by atoms with Gasteiger partial charge in [0.2, 0.25) is 5.91 Å². The number of carboxylic acid groups (broad SMARTS) is 1. The van der Waals surface area contributed by atoms with Crippen molar-refractivity contribution in [3.63, 3.8) is 0 Å². The fourth-order valence-electron chi connectivity index (χ4n) is 3.56. The zero-order valence-corrected chi connectivity index (χ0v) is 13.2. The molecule has 0 aliphatic heterocycles. The Hall–Kier alpha value is -1.32. The standard InChI is InChI=1S/C17H27NO3/c1-11-9-14(15(17(20)21)10-12(11)2)16(19)18-13-7-5-3-4-6-8-13/h13-15H,3-10H2,1-2H3,(H,18,19)(H,20,21). The second kappa shape index (κ2) is 7.10. The van der Waals surface area contributed by atoms with Crippen LogP contribution in [0.1, 0.15) is 65.2 Å². The number of nitrogens with one attached hydrogen (secondary N) is 1. The molecule has 0 aromatic carbocycles. The average molecular weight is 293 g/mol. The molecule has 1 saturated carbocycles. The summed E-state index contributed by atoms with van der Waals surface area (Å²) in [7, 11) is 0. The molecule has 1 fully saturated rings. The van der Waals surface area contributed by atoms with Crippen LogP contribution >= 0.6 is 0 Å². The van der Waals surface area contributed by atoms with Gasteiger partial charge in [-0.15, -0.1) is 0 Å². The Kier molecular flexibility index (Phi) is 5.43. The molecule has 0 aromatic heterocycles. The molecule has 2 unspecified atom stereocenters.